The average Bonchev–Trinajstić information content (AvgIpc) is 3.03. The molecule has 0 aliphatic carbocycles. The van der Waals surface area contributed by atoms with Gasteiger partial charge in [0, 0.05) is 38.9 Å². The van der Waals surface area contributed by atoms with Gasteiger partial charge in [0.15, 0.2) is 5.96 Å². The van der Waals surface area contributed by atoms with Crippen LogP contribution in [-0.4, -0.2) is 70.4 Å². The second kappa shape index (κ2) is 14.0. The summed E-state index contributed by atoms with van der Waals surface area (Å²) in [4.78, 5) is 9.42. The Bertz CT molecular complexity index is 599. The molecule has 0 radical (unpaired) electrons. The summed E-state index contributed by atoms with van der Waals surface area (Å²) in [7, 11) is 1.85. The minimum absolute atomic E-state index is 0. The molecule has 2 aliphatic rings. The predicted molar refractivity (Wildman–Crippen MR) is 133 cm³/mol. The topological polar surface area (TPSA) is 52.1 Å². The van der Waals surface area contributed by atoms with Gasteiger partial charge >= 0.3 is 0 Å². The summed E-state index contributed by atoms with van der Waals surface area (Å²) in [5.74, 6) is 0.882. The summed E-state index contributed by atoms with van der Waals surface area (Å²) in [6.45, 7) is 8.99. The highest BCUT2D eigenvalue weighted by molar-refractivity contribution is 14.0. The van der Waals surface area contributed by atoms with Gasteiger partial charge in [0.05, 0.1) is 13.2 Å². The average molecular weight is 515 g/mol. The minimum Gasteiger partial charge on any atom is -0.378 e. The molecule has 29 heavy (non-hydrogen) atoms. The first kappa shape index (κ1) is 24.2. The fourth-order valence-corrected chi connectivity index (χ4v) is 4.04. The highest BCUT2D eigenvalue weighted by Gasteiger charge is 2.14. The number of hydrogen-bond acceptors (Lipinski definition) is 4. The second-order valence-corrected chi connectivity index (χ2v) is 7.69. The molecule has 0 atom stereocenters. The van der Waals surface area contributed by atoms with Crippen LogP contribution in [0.25, 0.3) is 0 Å². The maximum Gasteiger partial charge on any atom is 0.191 e. The van der Waals surface area contributed by atoms with E-state index >= 15 is 0 Å². The van der Waals surface area contributed by atoms with Gasteiger partial charge in [-0.2, -0.15) is 0 Å². The molecule has 0 spiro atoms. The van der Waals surface area contributed by atoms with Crippen LogP contribution in [0, 0.1) is 0 Å². The van der Waals surface area contributed by atoms with Gasteiger partial charge < -0.3 is 25.2 Å². The molecule has 2 N–H and O–H groups in total. The summed E-state index contributed by atoms with van der Waals surface area (Å²) in [6.07, 6.45) is 6.68. The summed E-state index contributed by atoms with van der Waals surface area (Å²) < 4.78 is 5.49. The first-order valence-electron chi connectivity index (χ1n) is 10.9. The van der Waals surface area contributed by atoms with E-state index in [9.17, 15) is 0 Å². The predicted octanol–water partition coefficient (Wildman–Crippen LogP) is 3.07. The smallest absolute Gasteiger partial charge is 0.191 e. The van der Waals surface area contributed by atoms with Gasteiger partial charge in [0.2, 0.25) is 0 Å². The van der Waals surface area contributed by atoms with E-state index in [0.29, 0.717) is 0 Å². The fraction of sp³-hybridized carbons (Fsp3) is 0.682. The van der Waals surface area contributed by atoms with Crippen molar-refractivity contribution in [3.8, 4) is 0 Å². The van der Waals surface area contributed by atoms with Crippen LogP contribution in [0.2, 0.25) is 0 Å². The van der Waals surface area contributed by atoms with Crippen LogP contribution in [0.3, 0.4) is 0 Å². The maximum atomic E-state index is 5.49. The van der Waals surface area contributed by atoms with Crippen molar-refractivity contribution in [1.82, 2.24) is 15.5 Å². The van der Waals surface area contributed by atoms with Gasteiger partial charge in [-0.3, -0.25) is 4.99 Å². The zero-order valence-electron chi connectivity index (χ0n) is 17.9. The van der Waals surface area contributed by atoms with Crippen LogP contribution in [0.1, 0.15) is 37.7 Å². The molecule has 164 valence electrons. The van der Waals surface area contributed by atoms with Crippen LogP contribution in [0.15, 0.2) is 29.3 Å². The Morgan fingerprint density at radius 2 is 1.72 bits per heavy atom. The quantitative estimate of drug-likeness (QED) is 0.253. The number of morpholine rings is 1. The number of halogens is 1. The van der Waals surface area contributed by atoms with Crippen LogP contribution in [-0.2, 0) is 11.3 Å². The number of anilines is 1. The zero-order chi connectivity index (χ0) is 19.4. The highest BCUT2D eigenvalue weighted by atomic mass is 127. The lowest BCUT2D eigenvalue weighted by Crippen LogP contribution is -2.40. The van der Waals surface area contributed by atoms with Crippen molar-refractivity contribution in [1.29, 1.82) is 0 Å². The van der Waals surface area contributed by atoms with E-state index < -0.39 is 0 Å². The number of guanidine groups is 1. The third kappa shape index (κ3) is 8.30. The van der Waals surface area contributed by atoms with E-state index in [-0.39, 0.29) is 24.0 Å². The lowest BCUT2D eigenvalue weighted by atomic mass is 10.1. The van der Waals surface area contributed by atoms with Crippen LogP contribution >= 0.6 is 24.0 Å². The molecule has 6 nitrogen and oxygen atoms in total. The number of benzene rings is 1. The number of aliphatic imine (C=N–C) groups is 1. The third-order valence-corrected chi connectivity index (χ3v) is 5.66. The molecular weight excluding hydrogens is 477 g/mol. The van der Waals surface area contributed by atoms with Crippen molar-refractivity contribution in [3.05, 3.63) is 29.8 Å². The Kier molecular flexibility index (Phi) is 11.7. The molecule has 0 aromatic heterocycles. The molecule has 0 bridgehead atoms. The number of nitrogens with one attached hydrogen (secondary N) is 2. The zero-order valence-corrected chi connectivity index (χ0v) is 20.2. The Hall–Kier alpha value is -1.06. The molecule has 0 amide bonds. The lowest BCUT2D eigenvalue weighted by Gasteiger charge is -2.30. The normalized spacial score (nSPS) is 18.7. The fourth-order valence-electron chi connectivity index (χ4n) is 4.04. The first-order chi connectivity index (χ1) is 13.9. The van der Waals surface area contributed by atoms with E-state index in [4.69, 9.17) is 4.74 Å². The standard InChI is InChI=1S/C22H37N5O.HI/c1-23-22(24-11-8-14-26-12-6-2-3-7-13-26)25-19-20-9-4-5-10-21(20)27-15-17-28-18-16-27;/h4-5,9-10H,2-3,6-8,11-19H2,1H3,(H2,23,24,25);1H. The molecule has 0 saturated carbocycles. The van der Waals surface area contributed by atoms with Crippen molar-refractivity contribution < 1.29 is 4.74 Å². The van der Waals surface area contributed by atoms with E-state index in [1.165, 1.54) is 56.6 Å². The van der Waals surface area contributed by atoms with Gasteiger partial charge in [-0.25, -0.2) is 0 Å². The molecule has 2 aliphatic heterocycles. The number of nitrogens with zero attached hydrogens (tertiary/aromatic N) is 3. The summed E-state index contributed by atoms with van der Waals surface area (Å²) in [5.41, 5.74) is 2.60. The van der Waals surface area contributed by atoms with Gasteiger partial charge in [0.1, 0.15) is 0 Å². The molecule has 2 heterocycles. The van der Waals surface area contributed by atoms with Crippen molar-refractivity contribution >= 4 is 35.6 Å². The summed E-state index contributed by atoms with van der Waals surface area (Å²) in [5, 5.41) is 6.95. The number of para-hydroxylation sites is 1. The van der Waals surface area contributed by atoms with Gasteiger partial charge in [0.25, 0.3) is 0 Å². The number of ether oxygens (including phenoxy) is 1. The monoisotopic (exact) mass is 515 g/mol. The Morgan fingerprint density at radius 3 is 2.45 bits per heavy atom. The van der Waals surface area contributed by atoms with E-state index in [1.54, 1.807) is 0 Å². The summed E-state index contributed by atoms with van der Waals surface area (Å²) >= 11 is 0. The molecule has 3 rings (SSSR count). The lowest BCUT2D eigenvalue weighted by molar-refractivity contribution is 0.122. The number of likely N-dealkylation sites (tertiary alicyclic amines) is 1. The Labute approximate surface area is 193 Å². The molecule has 1 aromatic rings. The number of rotatable bonds is 7. The molecule has 0 unspecified atom stereocenters. The largest absolute Gasteiger partial charge is 0.378 e. The molecule has 7 heteroatoms. The van der Waals surface area contributed by atoms with Crippen molar-refractivity contribution in [3.63, 3.8) is 0 Å². The van der Waals surface area contributed by atoms with Crippen LogP contribution in [0.4, 0.5) is 5.69 Å². The number of hydrogen-bond donors (Lipinski definition) is 2. The second-order valence-electron chi connectivity index (χ2n) is 7.69. The SMILES string of the molecule is CN=C(NCCCN1CCCCCC1)NCc1ccccc1N1CCOCC1.I. The van der Waals surface area contributed by atoms with E-state index in [2.05, 4.69) is 49.7 Å². The molecule has 1 aromatic carbocycles. The first-order valence-corrected chi connectivity index (χ1v) is 10.9. The minimum atomic E-state index is 0. The summed E-state index contributed by atoms with van der Waals surface area (Å²) in [6, 6.07) is 8.63. The molecule has 2 fully saturated rings. The third-order valence-electron chi connectivity index (χ3n) is 5.66. The maximum absolute atomic E-state index is 5.49. The molecule has 2 saturated heterocycles. The Balaban J connectivity index is 0.00000300. The van der Waals surface area contributed by atoms with E-state index in [1.807, 2.05) is 7.05 Å². The van der Waals surface area contributed by atoms with Gasteiger partial charge in [-0.15, -0.1) is 24.0 Å². The Morgan fingerprint density at radius 1 is 1.00 bits per heavy atom. The van der Waals surface area contributed by atoms with Gasteiger partial charge in [-0.1, -0.05) is 31.0 Å². The van der Waals surface area contributed by atoms with Crippen LogP contribution in [0.5, 0.6) is 0 Å². The highest BCUT2D eigenvalue weighted by Crippen LogP contribution is 2.21. The van der Waals surface area contributed by atoms with E-state index in [0.717, 1.165) is 51.8 Å². The molecular formula is C22H38IN5O. The van der Waals surface area contributed by atoms with Gasteiger partial charge in [-0.05, 0) is 50.5 Å². The van der Waals surface area contributed by atoms with Crippen molar-refractivity contribution in [2.24, 2.45) is 4.99 Å². The van der Waals surface area contributed by atoms with Crippen molar-refractivity contribution in [2.45, 2.75) is 38.6 Å². The van der Waals surface area contributed by atoms with Crippen LogP contribution < -0.4 is 15.5 Å². The van der Waals surface area contributed by atoms with Crippen molar-refractivity contribution in [2.75, 3.05) is 64.4 Å².